The Kier molecular flexibility index (Phi) is 3.39. The van der Waals surface area contributed by atoms with E-state index in [1.54, 1.807) is 25.3 Å². The predicted molar refractivity (Wildman–Crippen MR) is 67.9 cm³/mol. The first-order valence-electron chi connectivity index (χ1n) is 5.19. The van der Waals surface area contributed by atoms with Crippen LogP contribution >= 0.6 is 11.3 Å². The van der Waals surface area contributed by atoms with Crippen molar-refractivity contribution in [3.63, 3.8) is 0 Å². The number of esters is 1. The van der Waals surface area contributed by atoms with Crippen molar-refractivity contribution in [3.05, 3.63) is 36.0 Å². The first kappa shape index (κ1) is 11.6. The van der Waals surface area contributed by atoms with Crippen LogP contribution in [0.1, 0.15) is 17.3 Å². The summed E-state index contributed by atoms with van der Waals surface area (Å²) in [5.74, 6) is -0.313. The summed E-state index contributed by atoms with van der Waals surface area (Å²) in [6.45, 7) is 2.15. The number of anilines is 1. The van der Waals surface area contributed by atoms with Crippen molar-refractivity contribution in [1.82, 2.24) is 4.98 Å². The van der Waals surface area contributed by atoms with Gasteiger partial charge in [0.25, 0.3) is 0 Å². The quantitative estimate of drug-likeness (QED) is 0.848. The van der Waals surface area contributed by atoms with Crippen molar-refractivity contribution >= 4 is 22.4 Å². The van der Waals surface area contributed by atoms with Gasteiger partial charge in [0, 0.05) is 6.20 Å². The molecular formula is C12H12N2O2S. The minimum Gasteiger partial charge on any atom is -0.462 e. The van der Waals surface area contributed by atoms with E-state index >= 15 is 0 Å². The summed E-state index contributed by atoms with van der Waals surface area (Å²) in [6.07, 6.45) is 1.70. The average molecular weight is 248 g/mol. The monoisotopic (exact) mass is 248 g/mol. The van der Waals surface area contributed by atoms with Gasteiger partial charge in [-0.15, -0.1) is 0 Å². The third-order valence-corrected chi connectivity index (χ3v) is 3.06. The number of carbonyl (C=O) groups excluding carboxylic acids is 1. The van der Waals surface area contributed by atoms with Crippen LogP contribution in [0.25, 0.3) is 10.4 Å². The third kappa shape index (κ3) is 2.62. The van der Waals surface area contributed by atoms with Gasteiger partial charge in [-0.1, -0.05) is 23.5 Å². The van der Waals surface area contributed by atoms with E-state index in [1.165, 1.54) is 11.3 Å². The van der Waals surface area contributed by atoms with Crippen LogP contribution in [-0.2, 0) is 4.74 Å². The second-order valence-corrected chi connectivity index (χ2v) is 4.43. The molecule has 0 spiro atoms. The van der Waals surface area contributed by atoms with Crippen LogP contribution in [0.15, 0.2) is 30.5 Å². The molecule has 0 unspecified atom stereocenters. The lowest BCUT2D eigenvalue weighted by molar-refractivity contribution is 0.0526. The second kappa shape index (κ2) is 4.97. The minimum atomic E-state index is -0.313. The number of ether oxygens (including phenoxy) is 1. The molecule has 4 nitrogen and oxygen atoms in total. The molecule has 5 heteroatoms. The fraction of sp³-hybridized carbons (Fsp3) is 0.167. The molecule has 1 aromatic heterocycles. The molecule has 0 fully saturated rings. The van der Waals surface area contributed by atoms with E-state index in [0.29, 0.717) is 17.3 Å². The highest BCUT2D eigenvalue weighted by atomic mass is 32.1. The van der Waals surface area contributed by atoms with E-state index in [0.717, 1.165) is 10.4 Å². The van der Waals surface area contributed by atoms with Gasteiger partial charge in [-0.05, 0) is 24.6 Å². The van der Waals surface area contributed by atoms with Crippen LogP contribution in [0.3, 0.4) is 0 Å². The standard InChI is InChI=1S/C12H12N2O2S/c1-2-16-11(15)9-5-3-4-8(6-9)10-7-14-12(13)17-10/h3-7H,2H2,1H3,(H2,13,14). The van der Waals surface area contributed by atoms with E-state index in [2.05, 4.69) is 4.98 Å². The maximum atomic E-state index is 11.6. The Balaban J connectivity index is 2.31. The van der Waals surface area contributed by atoms with E-state index in [-0.39, 0.29) is 5.97 Å². The summed E-state index contributed by atoms with van der Waals surface area (Å²) in [5, 5.41) is 0.515. The number of aromatic nitrogens is 1. The van der Waals surface area contributed by atoms with Crippen LogP contribution in [0.2, 0.25) is 0 Å². The number of benzene rings is 1. The molecule has 0 radical (unpaired) electrons. The Morgan fingerprint density at radius 2 is 2.35 bits per heavy atom. The molecule has 2 N–H and O–H groups in total. The van der Waals surface area contributed by atoms with Crippen LogP contribution in [0, 0.1) is 0 Å². The molecule has 0 bridgehead atoms. The molecule has 17 heavy (non-hydrogen) atoms. The Labute approximate surface area is 103 Å². The fourth-order valence-corrected chi connectivity index (χ4v) is 2.12. The molecule has 0 aliphatic carbocycles. The summed E-state index contributed by atoms with van der Waals surface area (Å²) in [7, 11) is 0. The van der Waals surface area contributed by atoms with Gasteiger partial charge in [-0.2, -0.15) is 0 Å². The molecule has 0 saturated carbocycles. The highest BCUT2D eigenvalue weighted by Gasteiger charge is 2.08. The molecule has 1 aromatic carbocycles. The van der Waals surface area contributed by atoms with Crippen molar-refractivity contribution in [2.75, 3.05) is 12.3 Å². The van der Waals surface area contributed by atoms with E-state index < -0.39 is 0 Å². The van der Waals surface area contributed by atoms with Gasteiger partial charge in [0.2, 0.25) is 0 Å². The van der Waals surface area contributed by atoms with E-state index in [4.69, 9.17) is 10.5 Å². The van der Waals surface area contributed by atoms with E-state index in [9.17, 15) is 4.79 Å². The molecule has 0 saturated heterocycles. The van der Waals surface area contributed by atoms with Crippen LogP contribution in [0.5, 0.6) is 0 Å². The lowest BCUT2D eigenvalue weighted by Crippen LogP contribution is -2.04. The number of nitrogen functional groups attached to an aromatic ring is 1. The summed E-state index contributed by atoms with van der Waals surface area (Å²) < 4.78 is 4.95. The molecule has 2 rings (SSSR count). The molecule has 0 aliphatic rings. The Morgan fingerprint density at radius 1 is 1.53 bits per heavy atom. The second-order valence-electron chi connectivity index (χ2n) is 3.36. The molecule has 0 aliphatic heterocycles. The number of carbonyl (C=O) groups is 1. The predicted octanol–water partition coefficient (Wildman–Crippen LogP) is 2.57. The van der Waals surface area contributed by atoms with E-state index in [1.807, 2.05) is 12.1 Å². The van der Waals surface area contributed by atoms with Crippen LogP contribution in [-0.4, -0.2) is 17.6 Å². The summed E-state index contributed by atoms with van der Waals surface area (Å²) in [5.41, 5.74) is 7.04. The van der Waals surface area contributed by atoms with Gasteiger partial charge in [0.15, 0.2) is 5.13 Å². The topological polar surface area (TPSA) is 65.2 Å². The van der Waals surface area contributed by atoms with Gasteiger partial charge in [0.1, 0.15) is 0 Å². The molecule has 2 aromatic rings. The van der Waals surface area contributed by atoms with Crippen LogP contribution in [0.4, 0.5) is 5.13 Å². The minimum absolute atomic E-state index is 0.313. The number of hydrogen-bond acceptors (Lipinski definition) is 5. The molecule has 88 valence electrons. The first-order chi connectivity index (χ1) is 8.20. The van der Waals surface area contributed by atoms with Crippen molar-refractivity contribution in [2.45, 2.75) is 6.92 Å². The van der Waals surface area contributed by atoms with Gasteiger partial charge >= 0.3 is 5.97 Å². The van der Waals surface area contributed by atoms with Crippen molar-refractivity contribution in [2.24, 2.45) is 0 Å². The van der Waals surface area contributed by atoms with Gasteiger partial charge < -0.3 is 10.5 Å². The fourth-order valence-electron chi connectivity index (χ4n) is 1.43. The van der Waals surface area contributed by atoms with Gasteiger partial charge in [0.05, 0.1) is 17.0 Å². The maximum absolute atomic E-state index is 11.6. The maximum Gasteiger partial charge on any atom is 0.338 e. The third-order valence-electron chi connectivity index (χ3n) is 2.18. The van der Waals surface area contributed by atoms with Crippen molar-refractivity contribution in [3.8, 4) is 10.4 Å². The molecule has 1 heterocycles. The number of nitrogens with two attached hydrogens (primary N) is 1. The normalized spacial score (nSPS) is 10.2. The molecule has 0 atom stereocenters. The van der Waals surface area contributed by atoms with Crippen LogP contribution < -0.4 is 5.73 Å². The number of hydrogen-bond donors (Lipinski definition) is 1. The Hall–Kier alpha value is -1.88. The zero-order valence-corrected chi connectivity index (χ0v) is 10.2. The highest BCUT2D eigenvalue weighted by Crippen LogP contribution is 2.27. The Morgan fingerprint density at radius 3 is 3.00 bits per heavy atom. The first-order valence-corrected chi connectivity index (χ1v) is 6.01. The SMILES string of the molecule is CCOC(=O)c1cccc(-c2cnc(N)s2)c1. The van der Waals surface area contributed by atoms with Crippen molar-refractivity contribution < 1.29 is 9.53 Å². The molecule has 0 amide bonds. The number of thiazole rings is 1. The smallest absolute Gasteiger partial charge is 0.338 e. The van der Waals surface area contributed by atoms with Gasteiger partial charge in [-0.25, -0.2) is 9.78 Å². The lowest BCUT2D eigenvalue weighted by Gasteiger charge is -2.03. The molecular weight excluding hydrogens is 236 g/mol. The highest BCUT2D eigenvalue weighted by molar-refractivity contribution is 7.18. The number of nitrogens with zero attached hydrogens (tertiary/aromatic N) is 1. The Bertz CT molecular complexity index is 537. The largest absolute Gasteiger partial charge is 0.462 e. The lowest BCUT2D eigenvalue weighted by atomic mass is 10.1. The summed E-state index contributed by atoms with van der Waals surface area (Å²) >= 11 is 1.39. The average Bonchev–Trinajstić information content (AvgIpc) is 2.76. The van der Waals surface area contributed by atoms with Gasteiger partial charge in [-0.3, -0.25) is 0 Å². The summed E-state index contributed by atoms with van der Waals surface area (Å²) in [6, 6.07) is 7.24. The zero-order chi connectivity index (χ0) is 12.3. The van der Waals surface area contributed by atoms with Crippen molar-refractivity contribution in [1.29, 1.82) is 0 Å². The zero-order valence-electron chi connectivity index (χ0n) is 9.34. The number of rotatable bonds is 3. The summed E-state index contributed by atoms with van der Waals surface area (Å²) in [4.78, 5) is 16.5.